The van der Waals surface area contributed by atoms with E-state index in [1.807, 2.05) is 32.9 Å². The molecule has 0 saturated carbocycles. The average molecular weight is 709 g/mol. The number of fused-ring (bicyclic) bond motifs is 2. The van der Waals surface area contributed by atoms with Crippen molar-refractivity contribution in [1.29, 1.82) is 0 Å². The monoisotopic (exact) mass is 708 g/mol. The number of hydrogen-bond acceptors (Lipinski definition) is 5. The summed E-state index contributed by atoms with van der Waals surface area (Å²) in [6, 6.07) is 24.0. The first-order valence-electron chi connectivity index (χ1n) is 17.2. The van der Waals surface area contributed by atoms with E-state index in [0.717, 1.165) is 70.4 Å². The number of imidazole rings is 2. The summed E-state index contributed by atoms with van der Waals surface area (Å²) in [5, 5.41) is 0.742. The van der Waals surface area contributed by atoms with Crippen molar-refractivity contribution in [2.45, 2.75) is 79.6 Å². The molecule has 7 rings (SSSR count). The van der Waals surface area contributed by atoms with Crippen LogP contribution < -0.4 is 4.72 Å². The molecular formula is C40H45ClN6O2S. The molecule has 1 saturated heterocycles. The molecule has 2 aromatic heterocycles. The third kappa shape index (κ3) is 6.78. The zero-order valence-corrected chi connectivity index (χ0v) is 31.5. The van der Waals surface area contributed by atoms with Crippen LogP contribution in [0.2, 0.25) is 5.02 Å². The Labute approximate surface area is 300 Å². The molecule has 1 N–H and O–H groups in total. The molecule has 0 radical (unpaired) electrons. The highest BCUT2D eigenvalue weighted by Gasteiger charge is 2.33. The van der Waals surface area contributed by atoms with Crippen molar-refractivity contribution in [1.82, 2.24) is 24.0 Å². The fourth-order valence-corrected chi connectivity index (χ4v) is 8.44. The van der Waals surface area contributed by atoms with Crippen molar-refractivity contribution in [2.24, 2.45) is 0 Å². The summed E-state index contributed by atoms with van der Waals surface area (Å²) < 4.78 is 31.8. The van der Waals surface area contributed by atoms with Crippen LogP contribution in [0.25, 0.3) is 22.1 Å². The highest BCUT2D eigenvalue weighted by Crippen LogP contribution is 2.37. The van der Waals surface area contributed by atoms with E-state index in [2.05, 4.69) is 94.1 Å². The van der Waals surface area contributed by atoms with Gasteiger partial charge in [0.2, 0.25) is 10.0 Å². The van der Waals surface area contributed by atoms with E-state index in [9.17, 15) is 8.42 Å². The van der Waals surface area contributed by atoms with Crippen molar-refractivity contribution in [3.05, 3.63) is 122 Å². The number of likely N-dealkylation sites (tertiary alicyclic amines) is 1. The molecule has 8 nitrogen and oxygen atoms in total. The Morgan fingerprint density at radius 3 is 2.30 bits per heavy atom. The number of halogens is 1. The SMILES string of the molecule is Cc1cc(Cn2c(C)nc3c(NS(C)(=O)=O)c(C)c(C)cc32)cc(C2CCN(Cc3nc4ccc(C)cc4n3Cc3ccc(Cl)cc3)C2C)c1. The lowest BCUT2D eigenvalue weighted by molar-refractivity contribution is 0.242. The Morgan fingerprint density at radius 2 is 1.56 bits per heavy atom. The normalized spacial score (nSPS) is 17.0. The number of aryl methyl sites for hydroxylation is 4. The van der Waals surface area contributed by atoms with Gasteiger partial charge in [-0.25, -0.2) is 18.4 Å². The van der Waals surface area contributed by atoms with Gasteiger partial charge in [-0.05, 0) is 118 Å². The van der Waals surface area contributed by atoms with E-state index in [-0.39, 0.29) is 0 Å². The third-order valence-electron chi connectivity index (χ3n) is 10.4. The standard InChI is InChI=1S/C40H45ClN6O2S/c1-24-8-13-35-36(18-24)47(21-30-9-11-33(41)12-10-30)38(43-35)23-45-15-14-34(28(45)5)32-17-25(2)16-31(20-32)22-46-29(6)42-40-37(46)19-26(3)27(4)39(40)44-50(7,48)49/h8-13,16-20,28,34,44H,14-15,21-23H2,1-7H3. The lowest BCUT2D eigenvalue weighted by Crippen LogP contribution is -2.30. The van der Waals surface area contributed by atoms with E-state index >= 15 is 0 Å². The van der Waals surface area contributed by atoms with Gasteiger partial charge in [0, 0.05) is 30.1 Å². The van der Waals surface area contributed by atoms with Crippen LogP contribution >= 0.6 is 11.6 Å². The van der Waals surface area contributed by atoms with Gasteiger partial charge in [-0.3, -0.25) is 9.62 Å². The molecule has 50 heavy (non-hydrogen) atoms. The van der Waals surface area contributed by atoms with Crippen LogP contribution in [0.1, 0.15) is 69.9 Å². The second kappa shape index (κ2) is 13.2. The minimum absolute atomic E-state index is 0.334. The molecule has 260 valence electrons. The Bertz CT molecular complexity index is 2360. The van der Waals surface area contributed by atoms with Gasteiger partial charge in [-0.2, -0.15) is 0 Å². The highest BCUT2D eigenvalue weighted by molar-refractivity contribution is 7.92. The predicted molar refractivity (Wildman–Crippen MR) is 205 cm³/mol. The van der Waals surface area contributed by atoms with Crippen LogP contribution in [-0.2, 0) is 29.7 Å². The van der Waals surface area contributed by atoms with Crippen molar-refractivity contribution >= 4 is 49.4 Å². The summed E-state index contributed by atoms with van der Waals surface area (Å²) in [6.07, 6.45) is 2.26. The Balaban J connectivity index is 1.16. The molecule has 10 heteroatoms. The summed E-state index contributed by atoms with van der Waals surface area (Å²) in [6.45, 7) is 15.8. The van der Waals surface area contributed by atoms with Crippen molar-refractivity contribution in [2.75, 3.05) is 17.5 Å². The largest absolute Gasteiger partial charge is 0.324 e. The van der Waals surface area contributed by atoms with Gasteiger partial charge in [-0.1, -0.05) is 53.6 Å². The quantitative estimate of drug-likeness (QED) is 0.163. The molecule has 0 spiro atoms. The number of anilines is 1. The van der Waals surface area contributed by atoms with E-state index in [1.54, 1.807) is 0 Å². The Morgan fingerprint density at radius 1 is 0.820 bits per heavy atom. The van der Waals surface area contributed by atoms with Gasteiger partial charge < -0.3 is 9.13 Å². The van der Waals surface area contributed by atoms with Gasteiger partial charge >= 0.3 is 0 Å². The molecule has 2 atom stereocenters. The zero-order chi connectivity index (χ0) is 35.5. The summed E-state index contributed by atoms with van der Waals surface area (Å²) in [5.41, 5.74) is 12.5. The van der Waals surface area contributed by atoms with Gasteiger partial charge in [-0.15, -0.1) is 0 Å². The van der Waals surface area contributed by atoms with Crippen molar-refractivity contribution in [3.8, 4) is 0 Å². The van der Waals surface area contributed by atoms with E-state index in [1.165, 1.54) is 34.1 Å². The molecule has 0 amide bonds. The predicted octanol–water partition coefficient (Wildman–Crippen LogP) is 8.43. The number of rotatable bonds is 9. The molecule has 6 aromatic rings. The maximum Gasteiger partial charge on any atom is 0.229 e. The summed E-state index contributed by atoms with van der Waals surface area (Å²) in [7, 11) is -3.46. The molecule has 1 aliphatic heterocycles. The van der Waals surface area contributed by atoms with Crippen molar-refractivity contribution in [3.63, 3.8) is 0 Å². The zero-order valence-electron chi connectivity index (χ0n) is 29.9. The smallest absolute Gasteiger partial charge is 0.229 e. The average Bonchev–Trinajstić information content (AvgIpc) is 3.68. The number of nitrogens with zero attached hydrogens (tertiary/aromatic N) is 5. The van der Waals surface area contributed by atoms with Crippen LogP contribution in [0.5, 0.6) is 0 Å². The first-order valence-corrected chi connectivity index (χ1v) is 19.5. The number of nitrogens with one attached hydrogen (secondary N) is 1. The number of hydrogen-bond donors (Lipinski definition) is 1. The topological polar surface area (TPSA) is 85.1 Å². The van der Waals surface area contributed by atoms with Crippen LogP contribution in [-0.4, -0.2) is 51.3 Å². The highest BCUT2D eigenvalue weighted by atomic mass is 35.5. The molecule has 1 aliphatic rings. The maximum atomic E-state index is 12.2. The van der Waals surface area contributed by atoms with Crippen molar-refractivity contribution < 1.29 is 8.42 Å². The molecule has 0 bridgehead atoms. The Hall–Kier alpha value is -4.18. The first kappa shape index (κ1) is 34.3. The molecular weight excluding hydrogens is 664 g/mol. The second-order valence-corrected chi connectivity index (χ2v) is 16.5. The lowest BCUT2D eigenvalue weighted by atomic mass is 9.90. The van der Waals surface area contributed by atoms with Crippen LogP contribution in [0.3, 0.4) is 0 Å². The maximum absolute atomic E-state index is 12.2. The van der Waals surface area contributed by atoms with E-state index in [0.29, 0.717) is 29.7 Å². The summed E-state index contributed by atoms with van der Waals surface area (Å²) in [4.78, 5) is 12.6. The number of sulfonamides is 1. The van der Waals surface area contributed by atoms with Crippen LogP contribution in [0.4, 0.5) is 5.69 Å². The second-order valence-electron chi connectivity index (χ2n) is 14.3. The molecule has 4 aromatic carbocycles. The number of aromatic nitrogens is 4. The molecule has 0 aliphatic carbocycles. The van der Waals surface area contributed by atoms with Gasteiger partial charge in [0.15, 0.2) is 0 Å². The molecule has 1 fully saturated rings. The minimum atomic E-state index is -3.46. The summed E-state index contributed by atoms with van der Waals surface area (Å²) in [5.74, 6) is 2.32. The fraction of sp³-hybridized carbons (Fsp3) is 0.350. The third-order valence-corrected chi connectivity index (χ3v) is 11.3. The van der Waals surface area contributed by atoms with Crippen LogP contribution in [0.15, 0.2) is 66.7 Å². The lowest BCUT2D eigenvalue weighted by Gasteiger charge is -2.25. The van der Waals surface area contributed by atoms with E-state index in [4.69, 9.17) is 21.6 Å². The molecule has 2 unspecified atom stereocenters. The first-order chi connectivity index (χ1) is 23.7. The van der Waals surface area contributed by atoms with Gasteiger partial charge in [0.1, 0.15) is 17.2 Å². The minimum Gasteiger partial charge on any atom is -0.324 e. The number of benzene rings is 4. The fourth-order valence-electron chi connectivity index (χ4n) is 7.70. The van der Waals surface area contributed by atoms with Gasteiger partial charge in [0.25, 0.3) is 0 Å². The molecule has 3 heterocycles. The Kier molecular flexibility index (Phi) is 9.03. The van der Waals surface area contributed by atoms with Crippen LogP contribution in [0, 0.1) is 34.6 Å². The van der Waals surface area contributed by atoms with Gasteiger partial charge in [0.05, 0.1) is 35.0 Å². The summed E-state index contributed by atoms with van der Waals surface area (Å²) >= 11 is 6.20. The van der Waals surface area contributed by atoms with E-state index < -0.39 is 10.0 Å².